The number of nitrogens with zero attached hydrogens (tertiary/aromatic N) is 3. The van der Waals surface area contributed by atoms with Gasteiger partial charge < -0.3 is 24.4 Å². The number of likely N-dealkylation sites (tertiary alicyclic amines) is 1. The number of carbonyl (C=O) groups is 1. The van der Waals surface area contributed by atoms with E-state index in [9.17, 15) is 15.0 Å². The zero-order chi connectivity index (χ0) is 18.8. The third-order valence-electron chi connectivity index (χ3n) is 4.80. The number of aliphatic hydroxyl groups excluding tert-OH is 1. The highest BCUT2D eigenvalue weighted by Crippen LogP contribution is 2.22. The van der Waals surface area contributed by atoms with Crippen molar-refractivity contribution >= 4 is 5.97 Å². The largest absolute Gasteiger partial charge is 0.545 e. The molecule has 0 amide bonds. The lowest BCUT2D eigenvalue weighted by molar-refractivity contribution is -0.934. The maximum atomic E-state index is 10.9. The van der Waals surface area contributed by atoms with Crippen LogP contribution in [-0.2, 0) is 6.54 Å². The van der Waals surface area contributed by atoms with Crippen LogP contribution in [0.4, 0.5) is 0 Å². The number of hydrogen-bond donors (Lipinski definition) is 2. The van der Waals surface area contributed by atoms with Crippen molar-refractivity contribution in [1.82, 2.24) is 15.1 Å². The molecule has 2 aromatic heterocycles. The SMILES string of the molecule is O=C([O-])c1ccc(C[NH+]2C[C@H](O)C[C@H]2c2nc(-c3ccncc3)no2)cc1. The lowest BCUT2D eigenvalue weighted by Gasteiger charge is -2.18. The summed E-state index contributed by atoms with van der Waals surface area (Å²) in [5.74, 6) is -0.218. The van der Waals surface area contributed by atoms with Gasteiger partial charge >= 0.3 is 0 Å². The highest BCUT2D eigenvalue weighted by Gasteiger charge is 2.40. The molecule has 4 rings (SSSR count). The number of aromatic carboxylic acids is 1. The fourth-order valence-electron chi connectivity index (χ4n) is 3.45. The molecule has 1 saturated heterocycles. The van der Waals surface area contributed by atoms with Gasteiger partial charge in [0.25, 0.3) is 5.89 Å². The molecule has 2 N–H and O–H groups in total. The molecular weight excluding hydrogens is 348 g/mol. The van der Waals surface area contributed by atoms with Crippen LogP contribution >= 0.6 is 0 Å². The third kappa shape index (κ3) is 3.71. The molecule has 3 aromatic rings. The minimum atomic E-state index is -1.20. The Morgan fingerprint density at radius 1 is 1.22 bits per heavy atom. The fourth-order valence-corrected chi connectivity index (χ4v) is 3.45. The van der Waals surface area contributed by atoms with Crippen molar-refractivity contribution in [3.05, 3.63) is 65.8 Å². The second kappa shape index (κ2) is 7.26. The van der Waals surface area contributed by atoms with Gasteiger partial charge in [0.2, 0.25) is 5.82 Å². The topological polar surface area (TPSA) is 117 Å². The first kappa shape index (κ1) is 17.3. The van der Waals surface area contributed by atoms with Gasteiger partial charge in [-0.3, -0.25) is 4.98 Å². The predicted molar refractivity (Wildman–Crippen MR) is 91.2 cm³/mol. The second-order valence-electron chi connectivity index (χ2n) is 6.66. The van der Waals surface area contributed by atoms with Crippen molar-refractivity contribution in [2.24, 2.45) is 0 Å². The summed E-state index contributed by atoms with van der Waals surface area (Å²) in [6.45, 7) is 1.17. The first-order valence-corrected chi connectivity index (χ1v) is 8.67. The van der Waals surface area contributed by atoms with Crippen molar-refractivity contribution in [3.8, 4) is 11.4 Å². The monoisotopic (exact) mass is 366 g/mol. The Bertz CT molecular complexity index is 926. The van der Waals surface area contributed by atoms with Gasteiger partial charge in [-0.2, -0.15) is 4.98 Å². The van der Waals surface area contributed by atoms with E-state index in [0.29, 0.717) is 31.2 Å². The summed E-state index contributed by atoms with van der Waals surface area (Å²) in [4.78, 5) is 20.4. The molecule has 1 aromatic carbocycles. The van der Waals surface area contributed by atoms with Gasteiger partial charge in [-0.25, -0.2) is 0 Å². The summed E-state index contributed by atoms with van der Waals surface area (Å²) < 4.78 is 5.47. The maximum Gasteiger partial charge on any atom is 0.285 e. The van der Waals surface area contributed by atoms with Crippen LogP contribution in [-0.4, -0.2) is 38.8 Å². The molecule has 3 heterocycles. The first-order chi connectivity index (χ1) is 13.1. The molecule has 1 aliphatic heterocycles. The number of carboxylic acid groups (broad SMARTS) is 1. The van der Waals surface area contributed by atoms with Gasteiger partial charge in [0.15, 0.2) is 6.04 Å². The van der Waals surface area contributed by atoms with E-state index in [4.69, 9.17) is 4.52 Å². The van der Waals surface area contributed by atoms with Crippen LogP contribution in [0, 0.1) is 0 Å². The van der Waals surface area contributed by atoms with Gasteiger partial charge in [0, 0.05) is 29.9 Å². The predicted octanol–water partition coefficient (Wildman–Crippen LogP) is -0.614. The molecule has 8 heteroatoms. The van der Waals surface area contributed by atoms with Crippen LogP contribution in [0.2, 0.25) is 0 Å². The lowest BCUT2D eigenvalue weighted by Crippen LogP contribution is -3.09. The average Bonchev–Trinajstić information content (AvgIpc) is 3.29. The molecule has 1 fully saturated rings. The Hall–Kier alpha value is -3.10. The third-order valence-corrected chi connectivity index (χ3v) is 4.80. The highest BCUT2D eigenvalue weighted by atomic mass is 16.5. The van der Waals surface area contributed by atoms with E-state index in [1.54, 1.807) is 24.5 Å². The van der Waals surface area contributed by atoms with Crippen molar-refractivity contribution in [2.45, 2.75) is 25.1 Å². The molecule has 0 spiro atoms. The zero-order valence-corrected chi connectivity index (χ0v) is 14.4. The molecule has 0 saturated carbocycles. The second-order valence-corrected chi connectivity index (χ2v) is 6.66. The summed E-state index contributed by atoms with van der Waals surface area (Å²) in [7, 11) is 0. The minimum Gasteiger partial charge on any atom is -0.545 e. The minimum absolute atomic E-state index is 0.121. The molecule has 138 valence electrons. The van der Waals surface area contributed by atoms with Crippen molar-refractivity contribution < 1.29 is 24.4 Å². The standard InChI is InChI=1S/C19H18N4O4/c24-15-9-16(18-21-17(22-27-18)13-5-7-20-8-6-13)23(11-15)10-12-1-3-14(4-2-12)19(25)26/h1-8,15-16,24H,9-11H2,(H,25,26)/t15-,16+/m1/s1. The Balaban J connectivity index is 1.53. The van der Waals surface area contributed by atoms with Gasteiger partial charge in [-0.15, -0.1) is 0 Å². The molecular formula is C19H18N4O4. The Morgan fingerprint density at radius 3 is 2.67 bits per heavy atom. The van der Waals surface area contributed by atoms with E-state index in [-0.39, 0.29) is 11.6 Å². The lowest BCUT2D eigenvalue weighted by atomic mass is 10.1. The van der Waals surface area contributed by atoms with Crippen LogP contribution in [0.25, 0.3) is 11.4 Å². The van der Waals surface area contributed by atoms with Gasteiger partial charge in [-0.1, -0.05) is 29.4 Å². The molecule has 0 aliphatic carbocycles. The summed E-state index contributed by atoms with van der Waals surface area (Å²) in [6.07, 6.45) is 3.41. The Labute approximate surface area is 155 Å². The van der Waals surface area contributed by atoms with Crippen LogP contribution in [0.15, 0.2) is 53.3 Å². The van der Waals surface area contributed by atoms with E-state index >= 15 is 0 Å². The van der Waals surface area contributed by atoms with Crippen LogP contribution in [0.1, 0.15) is 34.3 Å². The number of hydrogen-bond acceptors (Lipinski definition) is 7. The van der Waals surface area contributed by atoms with E-state index in [0.717, 1.165) is 16.0 Å². The number of pyridine rings is 1. The number of carboxylic acids is 1. The molecule has 8 nitrogen and oxygen atoms in total. The molecule has 1 aliphatic rings. The molecule has 0 radical (unpaired) electrons. The van der Waals surface area contributed by atoms with Crippen LogP contribution < -0.4 is 10.0 Å². The summed E-state index contributed by atoms with van der Waals surface area (Å²) in [5, 5.41) is 25.1. The zero-order valence-electron chi connectivity index (χ0n) is 14.4. The van der Waals surface area contributed by atoms with Crippen molar-refractivity contribution in [2.75, 3.05) is 6.54 Å². The number of carbonyl (C=O) groups excluding carboxylic acids is 1. The average molecular weight is 366 g/mol. The maximum absolute atomic E-state index is 10.9. The number of nitrogens with one attached hydrogen (secondary N) is 1. The number of quaternary nitrogens is 1. The van der Waals surface area contributed by atoms with Gasteiger partial charge in [-0.05, 0) is 17.7 Å². The summed E-state index contributed by atoms with van der Waals surface area (Å²) in [5.41, 5.74) is 1.92. The van der Waals surface area contributed by atoms with E-state index < -0.39 is 12.1 Å². The number of aliphatic hydroxyl groups is 1. The first-order valence-electron chi connectivity index (χ1n) is 8.67. The summed E-state index contributed by atoms with van der Waals surface area (Å²) in [6, 6.07) is 10.1. The van der Waals surface area contributed by atoms with Crippen LogP contribution in [0.5, 0.6) is 0 Å². The smallest absolute Gasteiger partial charge is 0.285 e. The van der Waals surface area contributed by atoms with Crippen molar-refractivity contribution in [1.29, 1.82) is 0 Å². The van der Waals surface area contributed by atoms with E-state index in [1.165, 1.54) is 12.1 Å². The fraction of sp³-hybridized carbons (Fsp3) is 0.263. The van der Waals surface area contributed by atoms with Gasteiger partial charge in [0.1, 0.15) is 19.2 Å². The molecule has 0 bridgehead atoms. The Kier molecular flexibility index (Phi) is 4.66. The van der Waals surface area contributed by atoms with Gasteiger partial charge in [0.05, 0.1) is 5.97 Å². The molecule has 27 heavy (non-hydrogen) atoms. The normalized spacial score (nSPS) is 22.0. The number of rotatable bonds is 5. The van der Waals surface area contributed by atoms with E-state index in [2.05, 4.69) is 15.1 Å². The van der Waals surface area contributed by atoms with E-state index in [1.807, 2.05) is 12.1 Å². The molecule has 1 unspecified atom stereocenters. The summed E-state index contributed by atoms with van der Waals surface area (Å²) >= 11 is 0. The van der Waals surface area contributed by atoms with Crippen LogP contribution in [0.3, 0.4) is 0 Å². The molecule has 3 atom stereocenters. The Morgan fingerprint density at radius 2 is 1.96 bits per heavy atom. The highest BCUT2D eigenvalue weighted by molar-refractivity contribution is 5.85. The number of benzene rings is 1. The number of aromatic nitrogens is 3. The quantitative estimate of drug-likeness (QED) is 0.618. The van der Waals surface area contributed by atoms with Crippen molar-refractivity contribution in [3.63, 3.8) is 0 Å².